The number of unbranched alkanes of at least 4 members (excludes halogenated alkanes) is 1. The molecular formula is C14H20F2N2O. The molecule has 2 rings (SSSR count). The van der Waals surface area contributed by atoms with Crippen LogP contribution in [0.1, 0.15) is 19.8 Å². The van der Waals surface area contributed by atoms with Gasteiger partial charge in [0.25, 0.3) is 0 Å². The summed E-state index contributed by atoms with van der Waals surface area (Å²) in [5.74, 6) is -0.830. The Labute approximate surface area is 112 Å². The number of anilines is 1. The third-order valence-corrected chi connectivity index (χ3v) is 3.19. The van der Waals surface area contributed by atoms with Crippen molar-refractivity contribution < 1.29 is 13.5 Å². The van der Waals surface area contributed by atoms with Crippen molar-refractivity contribution in [2.45, 2.75) is 19.8 Å². The summed E-state index contributed by atoms with van der Waals surface area (Å²) in [5.41, 5.74) is 0.0596. The van der Waals surface area contributed by atoms with E-state index in [1.54, 1.807) is 4.90 Å². The number of halogens is 2. The van der Waals surface area contributed by atoms with Crippen LogP contribution >= 0.6 is 0 Å². The number of hydrogen-bond acceptors (Lipinski definition) is 3. The summed E-state index contributed by atoms with van der Waals surface area (Å²) in [6, 6.07) is 2.55. The second kappa shape index (κ2) is 6.70. The summed E-state index contributed by atoms with van der Waals surface area (Å²) in [6.45, 7) is 5.25. The Hall–Kier alpha value is -1.36. The van der Waals surface area contributed by atoms with Gasteiger partial charge in [-0.25, -0.2) is 8.78 Å². The standard InChI is InChI=1S/C14H20F2N2O/c1-2-3-8-19-11-9-12(15)14(13(16)10-11)18-6-4-17-5-7-18/h9-10,17H,2-8H2,1H3. The first-order valence-corrected chi connectivity index (χ1v) is 6.80. The molecule has 0 unspecified atom stereocenters. The van der Waals surface area contributed by atoms with Crippen LogP contribution in [-0.2, 0) is 0 Å². The highest BCUT2D eigenvalue weighted by molar-refractivity contribution is 5.52. The maximum atomic E-state index is 14.0. The Bertz CT molecular complexity index is 397. The van der Waals surface area contributed by atoms with Crippen LogP contribution in [0, 0.1) is 11.6 Å². The van der Waals surface area contributed by atoms with E-state index in [1.165, 1.54) is 12.1 Å². The number of rotatable bonds is 5. The fourth-order valence-corrected chi connectivity index (χ4v) is 2.15. The third-order valence-electron chi connectivity index (χ3n) is 3.19. The molecule has 0 radical (unpaired) electrons. The molecule has 19 heavy (non-hydrogen) atoms. The highest BCUT2D eigenvalue weighted by Gasteiger charge is 2.20. The van der Waals surface area contributed by atoms with Crippen molar-refractivity contribution in [3.8, 4) is 5.75 Å². The van der Waals surface area contributed by atoms with Crippen molar-refractivity contribution >= 4 is 5.69 Å². The SMILES string of the molecule is CCCCOc1cc(F)c(N2CCNCC2)c(F)c1. The fourth-order valence-electron chi connectivity index (χ4n) is 2.15. The maximum Gasteiger partial charge on any atom is 0.153 e. The summed E-state index contributed by atoms with van der Waals surface area (Å²) >= 11 is 0. The topological polar surface area (TPSA) is 24.5 Å². The van der Waals surface area contributed by atoms with E-state index in [1.807, 2.05) is 6.92 Å². The average molecular weight is 270 g/mol. The summed E-state index contributed by atoms with van der Waals surface area (Å²) in [6.07, 6.45) is 1.87. The zero-order valence-electron chi connectivity index (χ0n) is 11.2. The predicted octanol–water partition coefficient (Wildman–Crippen LogP) is 2.55. The zero-order chi connectivity index (χ0) is 13.7. The van der Waals surface area contributed by atoms with Crippen LogP contribution in [0.4, 0.5) is 14.5 Å². The van der Waals surface area contributed by atoms with Gasteiger partial charge < -0.3 is 15.0 Å². The molecule has 1 aromatic rings. The van der Waals surface area contributed by atoms with Crippen molar-refractivity contribution in [1.82, 2.24) is 5.32 Å². The van der Waals surface area contributed by atoms with Crippen molar-refractivity contribution in [2.75, 3.05) is 37.7 Å². The fraction of sp³-hybridized carbons (Fsp3) is 0.571. The Morgan fingerprint density at radius 2 is 1.84 bits per heavy atom. The first kappa shape index (κ1) is 14.1. The van der Waals surface area contributed by atoms with Gasteiger partial charge in [-0.05, 0) is 6.42 Å². The Balaban J connectivity index is 2.12. The lowest BCUT2D eigenvalue weighted by atomic mass is 10.2. The summed E-state index contributed by atoms with van der Waals surface area (Å²) in [7, 11) is 0. The monoisotopic (exact) mass is 270 g/mol. The molecule has 1 aliphatic heterocycles. The van der Waals surface area contributed by atoms with Gasteiger partial charge in [0, 0.05) is 38.3 Å². The molecule has 1 aromatic carbocycles. The Morgan fingerprint density at radius 1 is 1.21 bits per heavy atom. The van der Waals surface area contributed by atoms with Crippen molar-refractivity contribution in [2.24, 2.45) is 0 Å². The Kier molecular flexibility index (Phi) is 4.96. The van der Waals surface area contributed by atoms with Crippen LogP contribution in [0.15, 0.2) is 12.1 Å². The highest BCUT2D eigenvalue weighted by Crippen LogP contribution is 2.28. The van der Waals surface area contributed by atoms with Crippen LogP contribution in [0.25, 0.3) is 0 Å². The Morgan fingerprint density at radius 3 is 2.42 bits per heavy atom. The normalized spacial score (nSPS) is 15.6. The average Bonchev–Trinajstić information content (AvgIpc) is 2.39. The molecule has 0 amide bonds. The molecule has 0 aromatic heterocycles. The third kappa shape index (κ3) is 3.56. The van der Waals surface area contributed by atoms with Gasteiger partial charge in [-0.1, -0.05) is 13.3 Å². The van der Waals surface area contributed by atoms with Crippen LogP contribution in [0.5, 0.6) is 5.75 Å². The van der Waals surface area contributed by atoms with Crippen LogP contribution in [0.3, 0.4) is 0 Å². The molecule has 1 aliphatic rings. The largest absolute Gasteiger partial charge is 0.493 e. The minimum Gasteiger partial charge on any atom is -0.493 e. The van der Waals surface area contributed by atoms with E-state index in [2.05, 4.69) is 5.32 Å². The number of ether oxygens (including phenoxy) is 1. The molecule has 106 valence electrons. The van der Waals surface area contributed by atoms with Crippen LogP contribution < -0.4 is 15.0 Å². The lowest BCUT2D eigenvalue weighted by molar-refractivity contribution is 0.306. The minimum atomic E-state index is -0.548. The number of benzene rings is 1. The second-order valence-corrected chi connectivity index (χ2v) is 4.67. The molecule has 0 aliphatic carbocycles. The van der Waals surface area contributed by atoms with Gasteiger partial charge >= 0.3 is 0 Å². The molecule has 1 saturated heterocycles. The van der Waals surface area contributed by atoms with Gasteiger partial charge in [-0.2, -0.15) is 0 Å². The van der Waals surface area contributed by atoms with Gasteiger partial charge in [0.15, 0.2) is 11.6 Å². The molecule has 0 atom stereocenters. The quantitative estimate of drug-likeness (QED) is 0.832. The van der Waals surface area contributed by atoms with Gasteiger partial charge in [0.2, 0.25) is 0 Å². The highest BCUT2D eigenvalue weighted by atomic mass is 19.1. The van der Waals surface area contributed by atoms with E-state index in [0.717, 1.165) is 25.9 Å². The molecule has 1 heterocycles. The van der Waals surface area contributed by atoms with Crippen molar-refractivity contribution in [1.29, 1.82) is 0 Å². The van der Waals surface area contributed by atoms with E-state index in [-0.39, 0.29) is 11.4 Å². The summed E-state index contributed by atoms with van der Waals surface area (Å²) in [5, 5.41) is 3.16. The van der Waals surface area contributed by atoms with Crippen molar-refractivity contribution in [3.05, 3.63) is 23.8 Å². The van der Waals surface area contributed by atoms with E-state index in [9.17, 15) is 8.78 Å². The predicted molar refractivity (Wildman–Crippen MR) is 71.8 cm³/mol. The maximum absolute atomic E-state index is 14.0. The smallest absolute Gasteiger partial charge is 0.153 e. The number of hydrogen-bond donors (Lipinski definition) is 1. The van der Waals surface area contributed by atoms with Gasteiger partial charge in [0.1, 0.15) is 11.4 Å². The minimum absolute atomic E-state index is 0.0596. The van der Waals surface area contributed by atoms with Gasteiger partial charge in [0.05, 0.1) is 6.61 Å². The molecule has 0 spiro atoms. The molecule has 3 nitrogen and oxygen atoms in total. The lowest BCUT2D eigenvalue weighted by Gasteiger charge is -2.30. The van der Waals surface area contributed by atoms with Gasteiger partial charge in [-0.3, -0.25) is 0 Å². The summed E-state index contributed by atoms with van der Waals surface area (Å²) < 4.78 is 33.4. The van der Waals surface area contributed by atoms with Crippen LogP contribution in [-0.4, -0.2) is 32.8 Å². The van der Waals surface area contributed by atoms with E-state index >= 15 is 0 Å². The second-order valence-electron chi connectivity index (χ2n) is 4.67. The first-order valence-electron chi connectivity index (χ1n) is 6.80. The van der Waals surface area contributed by atoms with Crippen molar-refractivity contribution in [3.63, 3.8) is 0 Å². The van der Waals surface area contributed by atoms with Gasteiger partial charge in [-0.15, -0.1) is 0 Å². The van der Waals surface area contributed by atoms with E-state index < -0.39 is 11.6 Å². The summed E-state index contributed by atoms with van der Waals surface area (Å²) in [4.78, 5) is 1.73. The number of nitrogens with one attached hydrogen (secondary N) is 1. The van der Waals surface area contributed by atoms with E-state index in [4.69, 9.17) is 4.74 Å². The number of nitrogens with zero attached hydrogens (tertiary/aromatic N) is 1. The molecule has 1 fully saturated rings. The molecule has 0 saturated carbocycles. The van der Waals surface area contributed by atoms with Crippen LogP contribution in [0.2, 0.25) is 0 Å². The number of piperazine rings is 1. The van der Waals surface area contributed by atoms with E-state index in [0.29, 0.717) is 19.7 Å². The lowest BCUT2D eigenvalue weighted by Crippen LogP contribution is -2.44. The first-order chi connectivity index (χ1) is 9.22. The molecular weight excluding hydrogens is 250 g/mol. The zero-order valence-corrected chi connectivity index (χ0v) is 11.2. The molecule has 0 bridgehead atoms. The molecule has 1 N–H and O–H groups in total. The molecule has 5 heteroatoms.